The summed E-state index contributed by atoms with van der Waals surface area (Å²) in [6.07, 6.45) is 3.66. The molecule has 74 valence electrons. The number of hydrogen-bond donors (Lipinski definition) is 2. The van der Waals surface area contributed by atoms with Crippen molar-refractivity contribution in [2.75, 3.05) is 13.1 Å². The zero-order chi connectivity index (χ0) is 10.0. The van der Waals surface area contributed by atoms with E-state index in [2.05, 4.69) is 15.3 Å². The Labute approximate surface area is 81.2 Å². The lowest BCUT2D eigenvalue weighted by atomic mass is 9.78. The van der Waals surface area contributed by atoms with Gasteiger partial charge in [-0.3, -0.25) is 4.79 Å². The summed E-state index contributed by atoms with van der Waals surface area (Å²) in [6, 6.07) is 1.72. The molecule has 0 atom stereocenters. The first-order valence-corrected chi connectivity index (χ1v) is 4.43. The molecule has 1 aromatic heterocycles. The van der Waals surface area contributed by atoms with Gasteiger partial charge in [0.05, 0.1) is 5.41 Å². The lowest BCUT2D eigenvalue weighted by molar-refractivity contribution is -0.152. The summed E-state index contributed by atoms with van der Waals surface area (Å²) >= 11 is 0. The Bertz CT molecular complexity index is 335. The van der Waals surface area contributed by atoms with Crippen molar-refractivity contribution in [2.45, 2.75) is 6.42 Å². The minimum Gasteiger partial charge on any atom is -0.481 e. The van der Waals surface area contributed by atoms with Crippen molar-refractivity contribution in [3.8, 4) is 0 Å². The van der Waals surface area contributed by atoms with E-state index in [1.54, 1.807) is 18.5 Å². The fourth-order valence-corrected chi connectivity index (χ4v) is 1.50. The van der Waals surface area contributed by atoms with Gasteiger partial charge in [0.1, 0.15) is 5.82 Å². The molecule has 1 aliphatic rings. The molecule has 0 saturated carbocycles. The second-order valence-corrected chi connectivity index (χ2v) is 3.53. The summed E-state index contributed by atoms with van der Waals surface area (Å²) < 4.78 is 0. The number of aromatic nitrogens is 2. The van der Waals surface area contributed by atoms with Crippen molar-refractivity contribution >= 4 is 5.97 Å². The van der Waals surface area contributed by atoms with Crippen molar-refractivity contribution in [1.29, 1.82) is 0 Å². The maximum Gasteiger partial charge on any atom is 0.312 e. The van der Waals surface area contributed by atoms with E-state index < -0.39 is 11.4 Å². The Balaban J connectivity index is 2.13. The SMILES string of the molecule is O=C(O)C1(Cc2ncccn2)CNC1. The zero-order valence-corrected chi connectivity index (χ0v) is 7.60. The van der Waals surface area contributed by atoms with E-state index in [0.717, 1.165) is 0 Å². The molecule has 1 aromatic rings. The van der Waals surface area contributed by atoms with Crippen LogP contribution in [-0.4, -0.2) is 34.1 Å². The van der Waals surface area contributed by atoms with Gasteiger partial charge in [-0.2, -0.15) is 0 Å². The van der Waals surface area contributed by atoms with E-state index >= 15 is 0 Å². The van der Waals surface area contributed by atoms with Gasteiger partial charge in [-0.05, 0) is 6.07 Å². The quantitative estimate of drug-likeness (QED) is 0.689. The molecule has 0 amide bonds. The minimum absolute atomic E-state index is 0.399. The summed E-state index contributed by atoms with van der Waals surface area (Å²) in [5.41, 5.74) is -0.693. The highest BCUT2D eigenvalue weighted by Gasteiger charge is 2.45. The van der Waals surface area contributed by atoms with Crippen LogP contribution in [0.15, 0.2) is 18.5 Å². The van der Waals surface area contributed by atoms with Gasteiger partial charge in [0.15, 0.2) is 0 Å². The first-order chi connectivity index (χ1) is 6.73. The molecular weight excluding hydrogens is 182 g/mol. The van der Waals surface area contributed by atoms with Gasteiger partial charge in [0, 0.05) is 31.9 Å². The summed E-state index contributed by atoms with van der Waals surface area (Å²) in [7, 11) is 0. The first kappa shape index (κ1) is 9.08. The number of aliphatic carboxylic acids is 1. The number of carboxylic acid groups (broad SMARTS) is 1. The van der Waals surface area contributed by atoms with Crippen molar-refractivity contribution in [3.63, 3.8) is 0 Å². The largest absolute Gasteiger partial charge is 0.481 e. The average molecular weight is 193 g/mol. The summed E-state index contributed by atoms with van der Waals surface area (Å²) in [5, 5.41) is 12.0. The zero-order valence-electron chi connectivity index (χ0n) is 7.60. The van der Waals surface area contributed by atoms with Crippen LogP contribution in [0.3, 0.4) is 0 Å². The van der Waals surface area contributed by atoms with Crippen molar-refractivity contribution in [1.82, 2.24) is 15.3 Å². The number of nitrogens with zero attached hydrogens (tertiary/aromatic N) is 2. The van der Waals surface area contributed by atoms with Gasteiger partial charge in [-0.15, -0.1) is 0 Å². The highest BCUT2D eigenvalue weighted by molar-refractivity contribution is 5.76. The third kappa shape index (κ3) is 1.46. The second-order valence-electron chi connectivity index (χ2n) is 3.53. The molecule has 2 N–H and O–H groups in total. The van der Waals surface area contributed by atoms with Crippen LogP contribution in [0.25, 0.3) is 0 Å². The van der Waals surface area contributed by atoms with Crippen LogP contribution in [-0.2, 0) is 11.2 Å². The highest BCUT2D eigenvalue weighted by Crippen LogP contribution is 2.26. The summed E-state index contributed by atoms with van der Waals surface area (Å²) in [5.74, 6) is -0.180. The number of nitrogens with one attached hydrogen (secondary N) is 1. The molecule has 0 bridgehead atoms. The van der Waals surface area contributed by atoms with Gasteiger partial charge in [0.2, 0.25) is 0 Å². The van der Waals surface area contributed by atoms with Crippen molar-refractivity contribution in [3.05, 3.63) is 24.3 Å². The molecule has 0 aliphatic carbocycles. The number of rotatable bonds is 3. The van der Waals surface area contributed by atoms with Crippen molar-refractivity contribution in [2.24, 2.45) is 5.41 Å². The minimum atomic E-state index is -0.774. The molecule has 0 spiro atoms. The molecule has 0 radical (unpaired) electrons. The Kier molecular flexibility index (Phi) is 2.17. The van der Waals surface area contributed by atoms with Crippen LogP contribution in [0.1, 0.15) is 5.82 Å². The predicted octanol–water partition coefficient (Wildman–Crippen LogP) is -0.307. The van der Waals surface area contributed by atoms with E-state index in [-0.39, 0.29) is 0 Å². The van der Waals surface area contributed by atoms with Crippen LogP contribution in [0.4, 0.5) is 0 Å². The van der Waals surface area contributed by atoms with Crippen LogP contribution < -0.4 is 5.32 Å². The average Bonchev–Trinajstić information content (AvgIpc) is 2.12. The van der Waals surface area contributed by atoms with E-state index in [1.165, 1.54) is 0 Å². The lowest BCUT2D eigenvalue weighted by Crippen LogP contribution is -2.59. The fourth-order valence-electron chi connectivity index (χ4n) is 1.50. The highest BCUT2D eigenvalue weighted by atomic mass is 16.4. The first-order valence-electron chi connectivity index (χ1n) is 4.43. The molecule has 0 unspecified atom stereocenters. The Morgan fingerprint density at radius 1 is 1.50 bits per heavy atom. The maximum absolute atomic E-state index is 11.0. The molecule has 5 heteroatoms. The third-order valence-electron chi connectivity index (χ3n) is 2.50. The molecule has 1 aliphatic heterocycles. The van der Waals surface area contributed by atoms with Crippen LogP contribution in [0, 0.1) is 5.41 Å². The van der Waals surface area contributed by atoms with Gasteiger partial charge in [-0.1, -0.05) is 0 Å². The Hall–Kier alpha value is -1.49. The second kappa shape index (κ2) is 3.34. The predicted molar refractivity (Wildman–Crippen MR) is 48.7 cm³/mol. The number of carbonyl (C=O) groups is 1. The van der Waals surface area contributed by atoms with Crippen LogP contribution >= 0.6 is 0 Å². The number of hydrogen-bond acceptors (Lipinski definition) is 4. The maximum atomic E-state index is 11.0. The van der Waals surface area contributed by atoms with Gasteiger partial charge < -0.3 is 10.4 Å². The van der Waals surface area contributed by atoms with Gasteiger partial charge >= 0.3 is 5.97 Å². The van der Waals surface area contributed by atoms with E-state index in [4.69, 9.17) is 5.11 Å². The third-order valence-corrected chi connectivity index (χ3v) is 2.50. The Morgan fingerprint density at radius 2 is 2.14 bits per heavy atom. The molecule has 5 nitrogen and oxygen atoms in total. The molecule has 1 fully saturated rings. The molecule has 0 aromatic carbocycles. The van der Waals surface area contributed by atoms with Crippen LogP contribution in [0.5, 0.6) is 0 Å². The normalized spacial score (nSPS) is 18.6. The molecule has 14 heavy (non-hydrogen) atoms. The molecular formula is C9H11N3O2. The molecule has 1 saturated heterocycles. The van der Waals surface area contributed by atoms with E-state index in [1.807, 2.05) is 0 Å². The summed E-state index contributed by atoms with van der Waals surface area (Å²) in [6.45, 7) is 1.00. The Morgan fingerprint density at radius 3 is 2.57 bits per heavy atom. The lowest BCUT2D eigenvalue weighted by Gasteiger charge is -2.37. The van der Waals surface area contributed by atoms with Crippen molar-refractivity contribution < 1.29 is 9.90 Å². The van der Waals surface area contributed by atoms with Gasteiger partial charge in [0.25, 0.3) is 0 Å². The smallest absolute Gasteiger partial charge is 0.312 e. The molecule has 2 heterocycles. The standard InChI is InChI=1S/C9H11N3O2/c13-8(14)9(5-10-6-9)4-7-11-2-1-3-12-7/h1-3,10H,4-6H2,(H,13,14). The number of carboxylic acids is 1. The summed E-state index contributed by atoms with van der Waals surface area (Å²) in [4.78, 5) is 19.1. The van der Waals surface area contributed by atoms with E-state index in [0.29, 0.717) is 25.3 Å². The van der Waals surface area contributed by atoms with E-state index in [9.17, 15) is 4.79 Å². The van der Waals surface area contributed by atoms with Gasteiger partial charge in [-0.25, -0.2) is 9.97 Å². The topological polar surface area (TPSA) is 75.1 Å². The monoisotopic (exact) mass is 193 g/mol. The fraction of sp³-hybridized carbons (Fsp3) is 0.444. The van der Waals surface area contributed by atoms with Crippen LogP contribution in [0.2, 0.25) is 0 Å². The molecule has 2 rings (SSSR count).